The van der Waals surface area contributed by atoms with Crippen LogP contribution in [0.15, 0.2) is 36.5 Å². The molecule has 4 heteroatoms. The van der Waals surface area contributed by atoms with Crippen molar-refractivity contribution >= 4 is 11.6 Å². The molecule has 1 aromatic heterocycles. The zero-order valence-electron chi connectivity index (χ0n) is 9.10. The lowest BCUT2D eigenvalue weighted by atomic mass is 10.0. The second-order valence-corrected chi connectivity index (χ2v) is 3.99. The van der Waals surface area contributed by atoms with Gasteiger partial charge in [0.15, 0.2) is 0 Å². The quantitative estimate of drug-likeness (QED) is 0.889. The normalized spacial score (nSPS) is 12.7. The van der Waals surface area contributed by atoms with Gasteiger partial charge in [-0.25, -0.2) is 0 Å². The molecule has 2 N–H and O–H groups in total. The van der Waals surface area contributed by atoms with Crippen molar-refractivity contribution in [2.45, 2.75) is 19.5 Å². The van der Waals surface area contributed by atoms with Crippen molar-refractivity contribution in [3.8, 4) is 0 Å². The van der Waals surface area contributed by atoms with Crippen LogP contribution in [0.5, 0.6) is 0 Å². The third-order valence-corrected chi connectivity index (χ3v) is 2.88. The van der Waals surface area contributed by atoms with E-state index in [9.17, 15) is 0 Å². The monoisotopic (exact) mass is 235 g/mol. The van der Waals surface area contributed by atoms with Gasteiger partial charge in [0.2, 0.25) is 0 Å². The zero-order chi connectivity index (χ0) is 11.5. The molecule has 0 aliphatic carbocycles. The fourth-order valence-corrected chi connectivity index (χ4v) is 2.01. The lowest BCUT2D eigenvalue weighted by Crippen LogP contribution is -2.17. The number of rotatable bonds is 3. The van der Waals surface area contributed by atoms with Crippen molar-refractivity contribution in [1.29, 1.82) is 0 Å². The molecule has 0 radical (unpaired) electrons. The molecule has 0 spiro atoms. The molecule has 0 aliphatic heterocycles. The van der Waals surface area contributed by atoms with Gasteiger partial charge in [0.1, 0.15) is 0 Å². The standard InChI is InChI=1S/C12H14ClN3/c1-2-16-12(10(13)8-15-16)11(14)9-6-4-3-5-7-9/h3-8,11H,2,14H2,1H3. The Morgan fingerprint density at radius 2 is 2.06 bits per heavy atom. The highest BCUT2D eigenvalue weighted by atomic mass is 35.5. The van der Waals surface area contributed by atoms with Crippen LogP contribution in [0, 0.1) is 0 Å². The second-order valence-electron chi connectivity index (χ2n) is 3.58. The molecule has 0 fully saturated rings. The molecule has 2 aromatic rings. The predicted octanol–water partition coefficient (Wildman–Crippen LogP) is 2.60. The number of benzene rings is 1. The number of nitrogens with zero attached hydrogens (tertiary/aromatic N) is 2. The maximum atomic E-state index is 6.19. The first-order valence-corrected chi connectivity index (χ1v) is 5.63. The van der Waals surface area contributed by atoms with Gasteiger partial charge in [-0.1, -0.05) is 41.9 Å². The SMILES string of the molecule is CCn1ncc(Cl)c1C(N)c1ccccc1. The Bertz CT molecular complexity index is 464. The average Bonchev–Trinajstić information content (AvgIpc) is 2.70. The second kappa shape index (κ2) is 4.68. The Morgan fingerprint density at radius 3 is 2.69 bits per heavy atom. The van der Waals surface area contributed by atoms with Crippen molar-refractivity contribution in [2.75, 3.05) is 0 Å². The minimum atomic E-state index is -0.226. The van der Waals surface area contributed by atoms with Crippen molar-refractivity contribution < 1.29 is 0 Å². The van der Waals surface area contributed by atoms with E-state index in [4.69, 9.17) is 17.3 Å². The van der Waals surface area contributed by atoms with E-state index in [0.29, 0.717) is 5.02 Å². The molecule has 0 aliphatic rings. The number of halogens is 1. The number of aryl methyl sites for hydroxylation is 1. The topological polar surface area (TPSA) is 43.8 Å². The molecule has 3 nitrogen and oxygen atoms in total. The molecule has 0 amide bonds. The average molecular weight is 236 g/mol. The van der Waals surface area contributed by atoms with E-state index < -0.39 is 0 Å². The fourth-order valence-electron chi connectivity index (χ4n) is 1.75. The van der Waals surface area contributed by atoms with Crippen LogP contribution in [0.25, 0.3) is 0 Å². The van der Waals surface area contributed by atoms with Crippen LogP contribution in [0.1, 0.15) is 24.2 Å². The predicted molar refractivity (Wildman–Crippen MR) is 65.4 cm³/mol. The van der Waals surface area contributed by atoms with E-state index in [1.165, 1.54) is 0 Å². The first kappa shape index (κ1) is 11.2. The molecule has 1 heterocycles. The molecule has 1 unspecified atom stereocenters. The van der Waals surface area contributed by atoms with Crippen molar-refractivity contribution in [1.82, 2.24) is 9.78 Å². The van der Waals surface area contributed by atoms with Gasteiger partial charge in [-0.15, -0.1) is 0 Å². The number of aromatic nitrogens is 2. The highest BCUT2D eigenvalue weighted by Crippen LogP contribution is 2.26. The number of nitrogens with two attached hydrogens (primary N) is 1. The summed E-state index contributed by atoms with van der Waals surface area (Å²) in [5.41, 5.74) is 8.10. The lowest BCUT2D eigenvalue weighted by Gasteiger charge is -2.14. The summed E-state index contributed by atoms with van der Waals surface area (Å²) in [7, 11) is 0. The Kier molecular flexibility index (Phi) is 3.27. The van der Waals surface area contributed by atoms with Gasteiger partial charge in [0.05, 0.1) is 23.0 Å². The summed E-state index contributed by atoms with van der Waals surface area (Å²) in [4.78, 5) is 0. The van der Waals surface area contributed by atoms with E-state index >= 15 is 0 Å². The van der Waals surface area contributed by atoms with E-state index in [0.717, 1.165) is 17.8 Å². The summed E-state index contributed by atoms with van der Waals surface area (Å²) in [6, 6.07) is 9.67. The summed E-state index contributed by atoms with van der Waals surface area (Å²) >= 11 is 6.11. The Balaban J connectivity index is 2.41. The lowest BCUT2D eigenvalue weighted by molar-refractivity contribution is 0.601. The molecular weight excluding hydrogens is 222 g/mol. The molecule has 0 bridgehead atoms. The van der Waals surface area contributed by atoms with Crippen LogP contribution in [-0.2, 0) is 6.54 Å². The maximum Gasteiger partial charge on any atom is 0.0837 e. The first-order chi connectivity index (χ1) is 7.74. The van der Waals surface area contributed by atoms with Crippen LogP contribution in [0.2, 0.25) is 5.02 Å². The Labute approximate surface area is 99.8 Å². The van der Waals surface area contributed by atoms with Crippen LogP contribution in [0.4, 0.5) is 0 Å². The first-order valence-electron chi connectivity index (χ1n) is 5.25. The smallest absolute Gasteiger partial charge is 0.0837 e. The summed E-state index contributed by atoms with van der Waals surface area (Å²) in [5, 5.41) is 4.81. The Morgan fingerprint density at radius 1 is 1.38 bits per heavy atom. The van der Waals surface area contributed by atoms with E-state index in [1.54, 1.807) is 6.20 Å². The van der Waals surface area contributed by atoms with E-state index in [2.05, 4.69) is 5.10 Å². The maximum absolute atomic E-state index is 6.19. The summed E-state index contributed by atoms with van der Waals surface area (Å²) in [6.07, 6.45) is 1.64. The van der Waals surface area contributed by atoms with Crippen molar-refractivity contribution in [3.05, 3.63) is 52.8 Å². The van der Waals surface area contributed by atoms with Gasteiger partial charge in [-0.05, 0) is 12.5 Å². The number of hydrogen-bond donors (Lipinski definition) is 1. The highest BCUT2D eigenvalue weighted by molar-refractivity contribution is 6.31. The fraction of sp³-hybridized carbons (Fsp3) is 0.250. The van der Waals surface area contributed by atoms with Crippen LogP contribution >= 0.6 is 11.6 Å². The largest absolute Gasteiger partial charge is 0.319 e. The minimum absolute atomic E-state index is 0.226. The Hall–Kier alpha value is -1.32. The van der Waals surface area contributed by atoms with E-state index in [1.807, 2.05) is 41.9 Å². The third-order valence-electron chi connectivity index (χ3n) is 2.59. The van der Waals surface area contributed by atoms with E-state index in [-0.39, 0.29) is 6.04 Å². The van der Waals surface area contributed by atoms with Gasteiger partial charge in [-0.2, -0.15) is 5.10 Å². The summed E-state index contributed by atoms with van der Waals surface area (Å²) in [5.74, 6) is 0. The molecule has 1 aromatic carbocycles. The zero-order valence-corrected chi connectivity index (χ0v) is 9.85. The molecule has 16 heavy (non-hydrogen) atoms. The van der Waals surface area contributed by atoms with Gasteiger partial charge in [0.25, 0.3) is 0 Å². The summed E-state index contributed by atoms with van der Waals surface area (Å²) < 4.78 is 1.83. The molecular formula is C12H14ClN3. The highest BCUT2D eigenvalue weighted by Gasteiger charge is 2.17. The molecule has 2 rings (SSSR count). The van der Waals surface area contributed by atoms with Gasteiger partial charge < -0.3 is 5.73 Å². The van der Waals surface area contributed by atoms with Crippen LogP contribution < -0.4 is 5.73 Å². The van der Waals surface area contributed by atoms with Crippen LogP contribution in [0.3, 0.4) is 0 Å². The minimum Gasteiger partial charge on any atom is -0.319 e. The van der Waals surface area contributed by atoms with Gasteiger partial charge in [0, 0.05) is 6.54 Å². The summed E-state index contributed by atoms with van der Waals surface area (Å²) in [6.45, 7) is 2.78. The van der Waals surface area contributed by atoms with Crippen molar-refractivity contribution in [3.63, 3.8) is 0 Å². The van der Waals surface area contributed by atoms with Gasteiger partial charge in [-0.3, -0.25) is 4.68 Å². The molecule has 1 atom stereocenters. The third kappa shape index (κ3) is 1.96. The van der Waals surface area contributed by atoms with Crippen LogP contribution in [-0.4, -0.2) is 9.78 Å². The molecule has 0 saturated carbocycles. The van der Waals surface area contributed by atoms with Gasteiger partial charge >= 0.3 is 0 Å². The number of hydrogen-bond acceptors (Lipinski definition) is 2. The molecule has 84 valence electrons. The molecule has 0 saturated heterocycles. The van der Waals surface area contributed by atoms with Crippen molar-refractivity contribution in [2.24, 2.45) is 5.73 Å².